The maximum absolute atomic E-state index is 9.10. The van der Waals surface area contributed by atoms with Crippen molar-refractivity contribution in [2.45, 2.75) is 6.92 Å². The van der Waals surface area contributed by atoms with E-state index in [1.54, 1.807) is 0 Å². The van der Waals surface area contributed by atoms with Crippen LogP contribution in [0.25, 0.3) is 11.4 Å². The van der Waals surface area contributed by atoms with Crippen LogP contribution in [0, 0.1) is 6.92 Å². The standard InChI is InChI=1S/C10H9ClN2.C2H2O4/c1-7-6-12-10(13-7)8-2-4-9(11)5-3-8;3-1(4)2(5)6/h2-6H,1H3,(H,12,13);(H,3,4)(H,5,6). The van der Waals surface area contributed by atoms with Crippen molar-refractivity contribution < 1.29 is 19.8 Å². The second-order valence-corrected chi connectivity index (χ2v) is 3.97. The van der Waals surface area contributed by atoms with Gasteiger partial charge in [-0.05, 0) is 31.2 Å². The van der Waals surface area contributed by atoms with E-state index in [0.717, 1.165) is 22.1 Å². The van der Waals surface area contributed by atoms with Crippen LogP contribution >= 0.6 is 11.6 Å². The molecule has 1 heterocycles. The first-order valence-electron chi connectivity index (χ1n) is 5.14. The summed E-state index contributed by atoms with van der Waals surface area (Å²) in [6, 6.07) is 7.60. The lowest BCUT2D eigenvalue weighted by atomic mass is 10.2. The molecule has 0 unspecified atom stereocenters. The average Bonchev–Trinajstić information content (AvgIpc) is 2.77. The summed E-state index contributed by atoms with van der Waals surface area (Å²) >= 11 is 5.77. The third-order valence-corrected chi connectivity index (χ3v) is 2.26. The van der Waals surface area contributed by atoms with Crippen LogP contribution in [0.15, 0.2) is 30.5 Å². The van der Waals surface area contributed by atoms with E-state index in [9.17, 15) is 0 Å². The van der Waals surface area contributed by atoms with Gasteiger partial charge in [-0.3, -0.25) is 0 Å². The SMILES string of the molecule is Cc1cnc(-c2ccc(Cl)cc2)[nH]1.O=C(O)C(=O)O. The molecule has 19 heavy (non-hydrogen) atoms. The summed E-state index contributed by atoms with van der Waals surface area (Å²) in [6.45, 7) is 1.98. The Labute approximate surface area is 113 Å². The number of H-pyrrole nitrogens is 1. The quantitative estimate of drug-likeness (QED) is 0.696. The number of rotatable bonds is 1. The van der Waals surface area contributed by atoms with Gasteiger partial charge in [-0.1, -0.05) is 11.6 Å². The van der Waals surface area contributed by atoms with E-state index < -0.39 is 11.9 Å². The number of halogens is 1. The first-order valence-corrected chi connectivity index (χ1v) is 5.51. The highest BCUT2D eigenvalue weighted by atomic mass is 35.5. The molecule has 1 aromatic heterocycles. The van der Waals surface area contributed by atoms with E-state index in [1.165, 1.54) is 0 Å². The number of carboxylic acid groups (broad SMARTS) is 2. The minimum absolute atomic E-state index is 0.743. The lowest BCUT2D eigenvalue weighted by molar-refractivity contribution is -0.159. The number of hydrogen-bond acceptors (Lipinski definition) is 3. The van der Waals surface area contributed by atoms with E-state index in [4.69, 9.17) is 31.4 Å². The number of nitrogens with zero attached hydrogens (tertiary/aromatic N) is 1. The largest absolute Gasteiger partial charge is 0.473 e. The average molecular weight is 283 g/mol. The van der Waals surface area contributed by atoms with Gasteiger partial charge in [0.05, 0.1) is 0 Å². The van der Waals surface area contributed by atoms with Crippen LogP contribution < -0.4 is 0 Å². The highest BCUT2D eigenvalue weighted by molar-refractivity contribution is 6.30. The molecule has 0 bridgehead atoms. The zero-order chi connectivity index (χ0) is 14.4. The Bertz CT molecular complexity index is 566. The van der Waals surface area contributed by atoms with Crippen molar-refractivity contribution >= 4 is 23.5 Å². The van der Waals surface area contributed by atoms with E-state index in [0.29, 0.717) is 0 Å². The first kappa shape index (κ1) is 14.7. The summed E-state index contributed by atoms with van der Waals surface area (Å²) in [6.07, 6.45) is 1.81. The van der Waals surface area contributed by atoms with Crippen LogP contribution in [0.2, 0.25) is 5.02 Å². The van der Waals surface area contributed by atoms with Gasteiger partial charge in [0.2, 0.25) is 0 Å². The monoisotopic (exact) mass is 282 g/mol. The minimum atomic E-state index is -1.82. The smallest absolute Gasteiger partial charge is 0.414 e. The number of hydrogen-bond donors (Lipinski definition) is 3. The normalized spacial score (nSPS) is 9.37. The molecule has 0 atom stereocenters. The molecule has 0 aliphatic rings. The van der Waals surface area contributed by atoms with E-state index in [2.05, 4.69) is 9.97 Å². The van der Waals surface area contributed by atoms with Gasteiger partial charge in [-0.25, -0.2) is 14.6 Å². The van der Waals surface area contributed by atoms with Crippen molar-refractivity contribution in [3.8, 4) is 11.4 Å². The number of carbonyl (C=O) groups is 2. The van der Waals surface area contributed by atoms with E-state index in [1.807, 2.05) is 37.4 Å². The zero-order valence-corrected chi connectivity index (χ0v) is 10.7. The molecule has 100 valence electrons. The number of carboxylic acids is 2. The number of imidazole rings is 1. The molecule has 3 N–H and O–H groups in total. The number of aromatic nitrogens is 2. The Hall–Kier alpha value is -2.34. The summed E-state index contributed by atoms with van der Waals surface area (Å²) in [5.74, 6) is -2.76. The third-order valence-electron chi connectivity index (χ3n) is 2.00. The molecule has 2 aromatic rings. The van der Waals surface area contributed by atoms with Crippen molar-refractivity contribution in [3.63, 3.8) is 0 Å². The molecular formula is C12H11ClN2O4. The Kier molecular flexibility index (Phi) is 5.08. The predicted molar refractivity (Wildman–Crippen MR) is 69.0 cm³/mol. The second-order valence-electron chi connectivity index (χ2n) is 3.53. The summed E-state index contributed by atoms with van der Waals surface area (Å²) in [5.41, 5.74) is 2.11. The fourth-order valence-corrected chi connectivity index (χ4v) is 1.29. The topological polar surface area (TPSA) is 103 Å². The van der Waals surface area contributed by atoms with Crippen molar-refractivity contribution in [3.05, 3.63) is 41.2 Å². The molecule has 0 radical (unpaired) electrons. The molecule has 1 aromatic carbocycles. The predicted octanol–water partition coefficient (Wildman–Crippen LogP) is 2.19. The molecule has 2 rings (SSSR count). The van der Waals surface area contributed by atoms with Gasteiger partial charge in [0, 0.05) is 22.5 Å². The fourth-order valence-electron chi connectivity index (χ4n) is 1.17. The highest BCUT2D eigenvalue weighted by Gasteiger charge is 2.04. The molecule has 0 fully saturated rings. The van der Waals surface area contributed by atoms with Crippen LogP contribution in [-0.2, 0) is 9.59 Å². The number of aromatic amines is 1. The van der Waals surface area contributed by atoms with Crippen LogP contribution in [-0.4, -0.2) is 32.1 Å². The Morgan fingerprint density at radius 3 is 2.05 bits per heavy atom. The molecule has 0 spiro atoms. The number of aryl methyl sites for hydroxylation is 1. The molecule has 0 saturated carbocycles. The van der Waals surface area contributed by atoms with Gasteiger partial charge in [-0.2, -0.15) is 0 Å². The van der Waals surface area contributed by atoms with Crippen molar-refractivity contribution in [2.75, 3.05) is 0 Å². The Morgan fingerprint density at radius 2 is 1.68 bits per heavy atom. The third kappa shape index (κ3) is 4.81. The van der Waals surface area contributed by atoms with Gasteiger partial charge < -0.3 is 15.2 Å². The number of aliphatic carboxylic acids is 2. The van der Waals surface area contributed by atoms with Crippen LogP contribution in [0.4, 0.5) is 0 Å². The molecule has 0 aliphatic carbocycles. The Morgan fingerprint density at radius 1 is 1.16 bits per heavy atom. The van der Waals surface area contributed by atoms with Crippen LogP contribution in [0.1, 0.15) is 5.69 Å². The molecule has 0 saturated heterocycles. The summed E-state index contributed by atoms with van der Waals surface area (Å²) in [5, 5.41) is 15.5. The zero-order valence-electron chi connectivity index (χ0n) is 9.92. The van der Waals surface area contributed by atoms with Crippen LogP contribution in [0.5, 0.6) is 0 Å². The van der Waals surface area contributed by atoms with Gasteiger partial charge in [0.25, 0.3) is 0 Å². The summed E-state index contributed by atoms with van der Waals surface area (Å²) in [7, 11) is 0. The lowest BCUT2D eigenvalue weighted by Gasteiger charge is -1.95. The van der Waals surface area contributed by atoms with Crippen molar-refractivity contribution in [2.24, 2.45) is 0 Å². The van der Waals surface area contributed by atoms with E-state index >= 15 is 0 Å². The molecule has 0 amide bonds. The lowest BCUT2D eigenvalue weighted by Crippen LogP contribution is -2.09. The van der Waals surface area contributed by atoms with Crippen molar-refractivity contribution in [1.29, 1.82) is 0 Å². The van der Waals surface area contributed by atoms with Gasteiger partial charge in [-0.15, -0.1) is 0 Å². The maximum atomic E-state index is 9.10. The number of nitrogens with one attached hydrogen (secondary N) is 1. The van der Waals surface area contributed by atoms with Gasteiger partial charge in [0.1, 0.15) is 5.82 Å². The van der Waals surface area contributed by atoms with Crippen LogP contribution in [0.3, 0.4) is 0 Å². The summed E-state index contributed by atoms with van der Waals surface area (Å²) < 4.78 is 0. The molecular weight excluding hydrogens is 272 g/mol. The first-order chi connectivity index (χ1) is 8.90. The number of benzene rings is 1. The van der Waals surface area contributed by atoms with Gasteiger partial charge in [0.15, 0.2) is 0 Å². The van der Waals surface area contributed by atoms with Crippen molar-refractivity contribution in [1.82, 2.24) is 9.97 Å². The molecule has 7 heteroatoms. The Balaban J connectivity index is 0.000000258. The molecule has 6 nitrogen and oxygen atoms in total. The molecule has 0 aliphatic heterocycles. The summed E-state index contributed by atoms with van der Waals surface area (Å²) in [4.78, 5) is 25.6. The van der Waals surface area contributed by atoms with Gasteiger partial charge >= 0.3 is 11.9 Å². The minimum Gasteiger partial charge on any atom is -0.473 e. The maximum Gasteiger partial charge on any atom is 0.414 e. The highest BCUT2D eigenvalue weighted by Crippen LogP contribution is 2.18. The second kappa shape index (κ2) is 6.55. The fraction of sp³-hybridized carbons (Fsp3) is 0.0833. The van der Waals surface area contributed by atoms with E-state index in [-0.39, 0.29) is 0 Å².